The van der Waals surface area contributed by atoms with E-state index in [2.05, 4.69) is 0 Å². The number of methoxy groups -OCH3 is 1. The average Bonchev–Trinajstić information content (AvgIpc) is 3.00. The number of esters is 1. The number of amides is 1. The Morgan fingerprint density at radius 1 is 0.933 bits per heavy atom. The number of aliphatic hydroxyl groups is 3. The number of phenolic OH excluding ortho intramolecular Hbond substituents is 1. The number of carbonyl (C=O) groups is 4. The Bertz CT molecular complexity index is 1840. The van der Waals surface area contributed by atoms with Gasteiger partial charge in [-0.3, -0.25) is 19.2 Å². The highest BCUT2D eigenvalue weighted by Gasteiger charge is 2.60. The molecule has 0 spiro atoms. The lowest BCUT2D eigenvalue weighted by Gasteiger charge is -2.46. The number of hydrogen-bond donors (Lipinski definition) is 5. The second-order valence-corrected chi connectivity index (χ2v) is 11.4. The standard InChI is InChI=1S/C34H29NO10/c1-44-20-6-8-21(9-7-20)45-26(38)12-16-2-4-17(5-3-16)22-10-11-24(36)28-23(22)14-18-13-19-15-25(37)29(33(35)42)32(41)34(19,43)31(40)27(18)30(28)39/h2-11,18-19,36,39,41,43H,12-15H2,1H3,(H2,35,42)/t18-,19+,34+/m1/s1. The van der Waals surface area contributed by atoms with Crippen LogP contribution in [0.4, 0.5) is 0 Å². The van der Waals surface area contributed by atoms with Crippen molar-refractivity contribution in [2.75, 3.05) is 7.11 Å². The van der Waals surface area contributed by atoms with Crippen molar-refractivity contribution in [2.45, 2.75) is 31.3 Å². The van der Waals surface area contributed by atoms with Crippen molar-refractivity contribution in [2.24, 2.45) is 17.6 Å². The monoisotopic (exact) mass is 611 g/mol. The van der Waals surface area contributed by atoms with Crippen LogP contribution in [-0.2, 0) is 32.0 Å². The average molecular weight is 612 g/mol. The zero-order chi connectivity index (χ0) is 32.2. The molecule has 3 aliphatic rings. The summed E-state index contributed by atoms with van der Waals surface area (Å²) >= 11 is 0. The maximum Gasteiger partial charge on any atom is 0.315 e. The fourth-order valence-corrected chi connectivity index (χ4v) is 6.67. The zero-order valence-electron chi connectivity index (χ0n) is 24.1. The number of phenols is 1. The first kappa shape index (κ1) is 29.6. The molecule has 0 bridgehead atoms. The molecule has 3 atom stereocenters. The van der Waals surface area contributed by atoms with Crippen molar-refractivity contribution in [3.05, 3.63) is 94.3 Å². The number of Topliss-reactive ketones (excluding diaryl/α,β-unsaturated/α-hetero) is 2. The van der Waals surface area contributed by atoms with E-state index in [0.717, 1.165) is 0 Å². The van der Waals surface area contributed by atoms with E-state index in [1.165, 1.54) is 6.07 Å². The number of rotatable bonds is 6. The summed E-state index contributed by atoms with van der Waals surface area (Å²) < 4.78 is 10.5. The minimum absolute atomic E-state index is 0.00627. The number of primary amides is 1. The molecule has 6 rings (SSSR count). The van der Waals surface area contributed by atoms with Gasteiger partial charge < -0.3 is 35.6 Å². The van der Waals surface area contributed by atoms with E-state index in [-0.39, 0.29) is 36.1 Å². The number of ketones is 2. The smallest absolute Gasteiger partial charge is 0.315 e. The van der Waals surface area contributed by atoms with Crippen molar-refractivity contribution < 1.29 is 49.1 Å². The van der Waals surface area contributed by atoms with Crippen LogP contribution < -0.4 is 15.2 Å². The fraction of sp³-hybridized carbons (Fsp3) is 0.235. The number of aromatic hydroxyl groups is 1. The number of aliphatic hydroxyl groups excluding tert-OH is 2. The minimum Gasteiger partial charge on any atom is -0.508 e. The number of ether oxygens (including phenoxy) is 2. The number of carbonyl (C=O) groups excluding carboxylic acids is 4. The summed E-state index contributed by atoms with van der Waals surface area (Å²) in [4.78, 5) is 50.6. The Hall–Kier alpha value is -5.42. The SMILES string of the molecule is COc1ccc(OC(=O)Cc2ccc(-c3ccc(O)c4c3C[C@H]3C[C@H]5CC(=O)C(C(N)=O)=C(O)[C@@]5(O)C(=O)C3=C4O)cc2)cc1. The van der Waals surface area contributed by atoms with Crippen LogP contribution >= 0.6 is 0 Å². The van der Waals surface area contributed by atoms with Gasteiger partial charge in [0.05, 0.1) is 19.1 Å². The Balaban J connectivity index is 1.30. The van der Waals surface area contributed by atoms with Crippen molar-refractivity contribution in [3.63, 3.8) is 0 Å². The second-order valence-electron chi connectivity index (χ2n) is 11.4. The first-order valence-corrected chi connectivity index (χ1v) is 14.2. The number of benzene rings is 3. The highest BCUT2D eigenvalue weighted by atomic mass is 16.5. The predicted molar refractivity (Wildman–Crippen MR) is 159 cm³/mol. The first-order chi connectivity index (χ1) is 21.4. The highest BCUT2D eigenvalue weighted by Crippen LogP contribution is 2.53. The lowest BCUT2D eigenvalue weighted by molar-refractivity contribution is -0.147. The Morgan fingerprint density at radius 3 is 2.24 bits per heavy atom. The summed E-state index contributed by atoms with van der Waals surface area (Å²) in [6.45, 7) is 0. The van der Waals surface area contributed by atoms with Gasteiger partial charge in [0, 0.05) is 17.9 Å². The van der Waals surface area contributed by atoms with E-state index >= 15 is 0 Å². The van der Waals surface area contributed by atoms with Gasteiger partial charge in [-0.1, -0.05) is 30.3 Å². The molecule has 1 amide bonds. The first-order valence-electron chi connectivity index (χ1n) is 14.2. The van der Waals surface area contributed by atoms with Gasteiger partial charge in [-0.25, -0.2) is 0 Å². The molecule has 230 valence electrons. The van der Waals surface area contributed by atoms with Gasteiger partial charge in [0.2, 0.25) is 5.78 Å². The number of hydrogen-bond acceptors (Lipinski definition) is 10. The van der Waals surface area contributed by atoms with Crippen LogP contribution in [0.1, 0.15) is 29.5 Å². The van der Waals surface area contributed by atoms with Crippen molar-refractivity contribution in [3.8, 4) is 28.4 Å². The molecule has 0 heterocycles. The maximum atomic E-state index is 13.7. The molecule has 0 aromatic heterocycles. The summed E-state index contributed by atoms with van der Waals surface area (Å²) in [6, 6.07) is 16.8. The molecule has 1 saturated carbocycles. The normalized spacial score (nSPS) is 22.4. The van der Waals surface area contributed by atoms with Crippen LogP contribution in [0.15, 0.2) is 77.6 Å². The summed E-state index contributed by atoms with van der Waals surface area (Å²) in [5.74, 6) is -6.20. The summed E-state index contributed by atoms with van der Waals surface area (Å²) in [5, 5.41) is 44.3. The quantitative estimate of drug-likeness (QED) is 0.157. The summed E-state index contributed by atoms with van der Waals surface area (Å²) in [5.41, 5.74) is 4.20. The van der Waals surface area contributed by atoms with Crippen molar-refractivity contribution >= 4 is 29.2 Å². The van der Waals surface area contributed by atoms with E-state index < -0.39 is 64.4 Å². The Morgan fingerprint density at radius 2 is 1.60 bits per heavy atom. The van der Waals surface area contributed by atoms with Crippen LogP contribution in [0.3, 0.4) is 0 Å². The van der Waals surface area contributed by atoms with Gasteiger partial charge in [-0.15, -0.1) is 0 Å². The van der Waals surface area contributed by atoms with Gasteiger partial charge in [0.25, 0.3) is 5.91 Å². The molecule has 0 radical (unpaired) electrons. The van der Waals surface area contributed by atoms with Gasteiger partial charge in [0.1, 0.15) is 34.3 Å². The molecular formula is C34H29NO10. The third-order valence-corrected chi connectivity index (χ3v) is 8.85. The number of nitrogens with two attached hydrogens (primary N) is 1. The van der Waals surface area contributed by atoms with E-state index in [1.807, 2.05) is 0 Å². The topological polar surface area (TPSA) is 194 Å². The largest absolute Gasteiger partial charge is 0.508 e. The minimum atomic E-state index is -2.62. The predicted octanol–water partition coefficient (Wildman–Crippen LogP) is 3.25. The number of fused-ring (bicyclic) bond motifs is 3. The van der Waals surface area contributed by atoms with E-state index in [1.54, 1.807) is 61.7 Å². The molecular weight excluding hydrogens is 582 g/mol. The van der Waals surface area contributed by atoms with Crippen LogP contribution in [0.25, 0.3) is 16.9 Å². The van der Waals surface area contributed by atoms with Gasteiger partial charge in [0.15, 0.2) is 11.4 Å². The van der Waals surface area contributed by atoms with Crippen LogP contribution in [0, 0.1) is 11.8 Å². The molecule has 3 aromatic carbocycles. The molecule has 45 heavy (non-hydrogen) atoms. The van der Waals surface area contributed by atoms with Crippen molar-refractivity contribution in [1.82, 2.24) is 0 Å². The van der Waals surface area contributed by atoms with Crippen molar-refractivity contribution in [1.29, 1.82) is 0 Å². The lowest BCUT2D eigenvalue weighted by atomic mass is 9.59. The third-order valence-electron chi connectivity index (χ3n) is 8.85. The molecule has 6 N–H and O–H groups in total. The Kier molecular flexibility index (Phi) is 7.20. The van der Waals surface area contributed by atoms with Gasteiger partial charge in [-0.05, 0) is 71.3 Å². The molecule has 11 nitrogen and oxygen atoms in total. The molecule has 1 fully saturated rings. The van der Waals surface area contributed by atoms with Crippen LogP contribution in [0.5, 0.6) is 17.2 Å². The molecule has 0 saturated heterocycles. The molecule has 0 unspecified atom stereocenters. The zero-order valence-corrected chi connectivity index (χ0v) is 24.1. The van der Waals surface area contributed by atoms with Gasteiger partial charge >= 0.3 is 5.97 Å². The maximum absolute atomic E-state index is 13.7. The molecule has 0 aliphatic heterocycles. The van der Waals surface area contributed by atoms with E-state index in [9.17, 15) is 39.6 Å². The summed E-state index contributed by atoms with van der Waals surface area (Å²) in [6.07, 6.45) is -0.169. The second kappa shape index (κ2) is 10.9. The summed E-state index contributed by atoms with van der Waals surface area (Å²) in [7, 11) is 1.54. The van der Waals surface area contributed by atoms with E-state index in [0.29, 0.717) is 33.8 Å². The third kappa shape index (κ3) is 4.81. The lowest BCUT2D eigenvalue weighted by Crippen LogP contribution is -2.58. The van der Waals surface area contributed by atoms with Crippen LogP contribution in [-0.4, -0.2) is 56.6 Å². The Labute approximate surface area is 256 Å². The van der Waals surface area contributed by atoms with E-state index in [4.69, 9.17) is 15.2 Å². The van der Waals surface area contributed by atoms with Crippen LogP contribution in [0.2, 0.25) is 0 Å². The molecule has 3 aromatic rings. The fourth-order valence-electron chi connectivity index (χ4n) is 6.67. The highest BCUT2D eigenvalue weighted by molar-refractivity contribution is 6.22. The van der Waals surface area contributed by atoms with Gasteiger partial charge in [-0.2, -0.15) is 0 Å². The molecule has 3 aliphatic carbocycles. The molecule has 11 heteroatoms.